The van der Waals surface area contributed by atoms with Gasteiger partial charge in [-0.1, -0.05) is 24.1 Å². The predicted octanol–water partition coefficient (Wildman–Crippen LogP) is 4.33. The molecule has 1 atom stereocenters. The molecule has 4 amide bonds. The number of urea groups is 1. The Morgan fingerprint density at radius 2 is 1.74 bits per heavy atom. The van der Waals surface area contributed by atoms with Crippen molar-refractivity contribution in [3.63, 3.8) is 0 Å². The lowest BCUT2D eigenvalue weighted by atomic mass is 10.1. The number of pyridine rings is 2. The first-order valence-corrected chi connectivity index (χ1v) is 20.6. The lowest BCUT2D eigenvalue weighted by Gasteiger charge is -2.34. The summed E-state index contributed by atoms with van der Waals surface area (Å²) < 4.78 is 22.6. The zero-order valence-electron chi connectivity index (χ0n) is 34.2. The van der Waals surface area contributed by atoms with E-state index in [1.165, 1.54) is 16.3 Å². The van der Waals surface area contributed by atoms with Gasteiger partial charge in [-0.15, -0.1) is 0 Å². The number of rotatable bonds is 15. The third kappa shape index (κ3) is 11.3. The van der Waals surface area contributed by atoms with Crippen molar-refractivity contribution in [1.29, 1.82) is 0 Å². The molecule has 3 aromatic heterocycles. The number of amides is 4. The highest BCUT2D eigenvalue weighted by molar-refractivity contribution is 6.00. The zero-order chi connectivity index (χ0) is 42.7. The van der Waals surface area contributed by atoms with Gasteiger partial charge in [-0.2, -0.15) is 4.39 Å². The molecule has 0 saturated carbocycles. The third-order valence-electron chi connectivity index (χ3n) is 11.0. The van der Waals surface area contributed by atoms with Crippen molar-refractivity contribution in [2.45, 2.75) is 57.7 Å². The lowest BCUT2D eigenvalue weighted by molar-refractivity contribution is -0.135. The van der Waals surface area contributed by atoms with E-state index in [0.717, 1.165) is 94.3 Å². The number of unbranched alkanes of at least 4 members (excludes halogenated alkanes) is 1. The number of halogens is 1. The molecule has 318 valence electrons. The number of aliphatic hydroxyl groups excluding tert-OH is 1. The second-order valence-corrected chi connectivity index (χ2v) is 15.3. The fraction of sp³-hybridized carbons (Fsp3) is 0.378. The van der Waals surface area contributed by atoms with Crippen LogP contribution in [0.2, 0.25) is 0 Å². The van der Waals surface area contributed by atoms with Gasteiger partial charge in [-0.05, 0) is 92.1 Å². The van der Waals surface area contributed by atoms with Gasteiger partial charge in [0.25, 0.3) is 0 Å². The second-order valence-electron chi connectivity index (χ2n) is 15.3. The summed E-state index contributed by atoms with van der Waals surface area (Å²) in [5, 5.41) is 17.0. The highest BCUT2D eigenvalue weighted by Crippen LogP contribution is 2.24. The molecule has 15 nitrogen and oxygen atoms in total. The quantitative estimate of drug-likeness (QED) is 0.0515. The molecule has 7 rings (SSSR count). The van der Waals surface area contributed by atoms with Crippen LogP contribution in [-0.4, -0.2) is 97.8 Å². The van der Waals surface area contributed by atoms with Crippen molar-refractivity contribution in [3.05, 3.63) is 117 Å². The SMILES string of the molecule is Cn1c(=O)n(C2CCC(=O)NC2=O)c2ccc(CCCOCCCCN3CCN(Cc4cccc(C#Cc5cc(NC(=O)Nc6cc(F)ncc6CO)ccn5)c4)CC3)cc21. The number of benzene rings is 2. The van der Waals surface area contributed by atoms with Crippen molar-refractivity contribution in [3.8, 4) is 11.8 Å². The number of piperidine rings is 1. The molecule has 5 aromatic rings. The van der Waals surface area contributed by atoms with E-state index in [0.29, 0.717) is 29.9 Å². The lowest BCUT2D eigenvalue weighted by Crippen LogP contribution is -2.46. The monoisotopic (exact) mass is 831 g/mol. The molecule has 0 bridgehead atoms. The molecule has 1 unspecified atom stereocenters. The van der Waals surface area contributed by atoms with E-state index in [4.69, 9.17) is 4.74 Å². The number of fused-ring (bicyclic) bond motifs is 1. The standard InChI is InChI=1S/C45H50FN9O6/c1-52-40-25-32(10-12-38(40)55(45(52)60)39-13-14-42(57)51-43(39)58)8-5-23-61-22-3-2-17-53-18-20-54(21-19-53)29-33-7-4-6-31(24-33)9-11-35-26-36(15-16-47-35)49-44(59)50-37-27-41(46)48-28-34(37)30-56/h4,6-7,10,12,15-16,24-28,39,56H,2-3,5,8,13-14,17-23,29-30H2,1H3,(H,51,57,58)(H2,47,48,49,50,59). The Kier molecular flexibility index (Phi) is 14.3. The van der Waals surface area contributed by atoms with Crippen LogP contribution in [0.3, 0.4) is 0 Å². The van der Waals surface area contributed by atoms with Crippen molar-refractivity contribution in [1.82, 2.24) is 34.2 Å². The number of aromatic nitrogens is 4. The van der Waals surface area contributed by atoms with Gasteiger partial charge in [0, 0.05) is 94.7 Å². The van der Waals surface area contributed by atoms with E-state index in [1.807, 2.05) is 30.3 Å². The molecule has 2 saturated heterocycles. The number of aliphatic hydroxyl groups is 1. The molecule has 61 heavy (non-hydrogen) atoms. The van der Waals surface area contributed by atoms with Crippen LogP contribution in [0, 0.1) is 17.8 Å². The molecule has 0 aliphatic carbocycles. The average molecular weight is 832 g/mol. The van der Waals surface area contributed by atoms with Crippen LogP contribution in [0.4, 0.5) is 20.6 Å². The Bertz CT molecular complexity index is 2500. The summed E-state index contributed by atoms with van der Waals surface area (Å²) in [4.78, 5) is 62.5. The van der Waals surface area contributed by atoms with E-state index in [-0.39, 0.29) is 29.3 Å². The maximum atomic E-state index is 13.6. The van der Waals surface area contributed by atoms with Gasteiger partial charge >= 0.3 is 11.7 Å². The van der Waals surface area contributed by atoms with E-state index < -0.39 is 30.5 Å². The second kappa shape index (κ2) is 20.3. The molecule has 16 heteroatoms. The predicted molar refractivity (Wildman–Crippen MR) is 228 cm³/mol. The van der Waals surface area contributed by atoms with Gasteiger partial charge in [0.1, 0.15) is 11.7 Å². The van der Waals surface area contributed by atoms with Crippen molar-refractivity contribution < 1.29 is 28.6 Å². The minimum absolute atomic E-state index is 0.124. The molecule has 4 N–H and O–H groups in total. The number of ether oxygens (including phenoxy) is 1. The van der Waals surface area contributed by atoms with Crippen molar-refractivity contribution in [2.24, 2.45) is 7.05 Å². The number of imide groups is 1. The maximum absolute atomic E-state index is 13.6. The molecular formula is C45H50FN9O6. The van der Waals surface area contributed by atoms with Gasteiger partial charge in [0.15, 0.2) is 0 Å². The summed E-state index contributed by atoms with van der Waals surface area (Å²) in [6, 6.07) is 17.1. The summed E-state index contributed by atoms with van der Waals surface area (Å²) in [7, 11) is 1.71. The van der Waals surface area contributed by atoms with Gasteiger partial charge in [0.2, 0.25) is 17.8 Å². The van der Waals surface area contributed by atoms with Gasteiger partial charge in [-0.3, -0.25) is 28.9 Å². The largest absolute Gasteiger partial charge is 0.392 e. The number of carbonyl (C=O) groups is 3. The first-order chi connectivity index (χ1) is 29.6. The van der Waals surface area contributed by atoms with Crippen LogP contribution >= 0.6 is 0 Å². The Hall–Kier alpha value is -6.25. The Morgan fingerprint density at radius 3 is 2.56 bits per heavy atom. The molecule has 5 heterocycles. The maximum Gasteiger partial charge on any atom is 0.329 e. The van der Waals surface area contributed by atoms with Gasteiger partial charge in [-0.25, -0.2) is 19.6 Å². The van der Waals surface area contributed by atoms with Gasteiger partial charge in [0.05, 0.1) is 23.3 Å². The van der Waals surface area contributed by atoms with Crippen LogP contribution in [0.1, 0.15) is 66.1 Å². The average Bonchev–Trinajstić information content (AvgIpc) is 3.49. The van der Waals surface area contributed by atoms with Crippen molar-refractivity contribution in [2.75, 3.05) is 56.6 Å². The number of nitrogens with one attached hydrogen (secondary N) is 3. The zero-order valence-corrected chi connectivity index (χ0v) is 34.2. The van der Waals surface area contributed by atoms with Crippen LogP contribution in [0.25, 0.3) is 11.0 Å². The molecule has 0 spiro atoms. The Balaban J connectivity index is 0.779. The number of imidazole rings is 1. The minimum Gasteiger partial charge on any atom is -0.392 e. The molecule has 2 fully saturated rings. The summed E-state index contributed by atoms with van der Waals surface area (Å²) in [5.41, 5.74) is 5.69. The van der Waals surface area contributed by atoms with Crippen LogP contribution in [0.15, 0.2) is 77.9 Å². The fourth-order valence-corrected chi connectivity index (χ4v) is 7.69. The normalized spacial score (nSPS) is 16.0. The van der Waals surface area contributed by atoms with Crippen LogP contribution in [0.5, 0.6) is 0 Å². The molecule has 2 aliphatic heterocycles. The van der Waals surface area contributed by atoms with E-state index in [2.05, 4.69) is 59.7 Å². The van der Waals surface area contributed by atoms with E-state index >= 15 is 0 Å². The number of hydrogen-bond donors (Lipinski definition) is 4. The summed E-state index contributed by atoms with van der Waals surface area (Å²) >= 11 is 0. The number of carbonyl (C=O) groups excluding carboxylic acids is 3. The first-order valence-electron chi connectivity index (χ1n) is 20.6. The third-order valence-corrected chi connectivity index (χ3v) is 11.0. The summed E-state index contributed by atoms with van der Waals surface area (Å²) in [6.45, 7) is 6.88. The molecule has 2 aromatic carbocycles. The van der Waals surface area contributed by atoms with Crippen LogP contribution in [-0.2, 0) is 40.9 Å². The van der Waals surface area contributed by atoms with Crippen molar-refractivity contribution >= 4 is 40.3 Å². The molecule has 2 aliphatic rings. The fourth-order valence-electron chi connectivity index (χ4n) is 7.69. The summed E-state index contributed by atoms with van der Waals surface area (Å²) in [6.07, 6.45) is 7.00. The first kappa shape index (κ1) is 42.9. The highest BCUT2D eigenvalue weighted by atomic mass is 19.1. The number of nitrogens with zero attached hydrogens (tertiary/aromatic N) is 6. The number of anilines is 2. The number of hydrogen-bond acceptors (Lipinski definition) is 10. The van der Waals surface area contributed by atoms with Crippen LogP contribution < -0.4 is 21.6 Å². The van der Waals surface area contributed by atoms with E-state index in [1.54, 1.807) is 29.9 Å². The van der Waals surface area contributed by atoms with Gasteiger partial charge < -0.3 is 25.4 Å². The van der Waals surface area contributed by atoms with E-state index in [9.17, 15) is 28.7 Å². The number of piperazine rings is 1. The number of aryl methyl sites for hydroxylation is 2. The Morgan fingerprint density at radius 1 is 0.918 bits per heavy atom. The smallest absolute Gasteiger partial charge is 0.329 e. The highest BCUT2D eigenvalue weighted by Gasteiger charge is 2.31. The molecule has 0 radical (unpaired) electrons. The molecular weight excluding hydrogens is 782 g/mol. The summed E-state index contributed by atoms with van der Waals surface area (Å²) in [5.74, 6) is 4.74. The topological polar surface area (TPSA) is 176 Å². The minimum atomic E-state index is -0.773. The Labute approximate surface area is 352 Å².